The van der Waals surface area contributed by atoms with Gasteiger partial charge in [0.05, 0.1) is 13.2 Å². The highest BCUT2D eigenvalue weighted by molar-refractivity contribution is 5.99. The first-order valence-electron chi connectivity index (χ1n) is 13.3. The molecule has 0 bridgehead atoms. The van der Waals surface area contributed by atoms with E-state index in [0.717, 1.165) is 35.2 Å². The number of carbonyl (C=O) groups is 2. The van der Waals surface area contributed by atoms with Crippen molar-refractivity contribution in [3.63, 3.8) is 0 Å². The number of benzene rings is 3. The molecule has 4 rings (SSSR count). The van der Waals surface area contributed by atoms with Crippen molar-refractivity contribution in [2.24, 2.45) is 0 Å². The van der Waals surface area contributed by atoms with Gasteiger partial charge in [-0.25, -0.2) is 0 Å². The van der Waals surface area contributed by atoms with Gasteiger partial charge >= 0.3 is 0 Å². The summed E-state index contributed by atoms with van der Waals surface area (Å²) in [6.45, 7) is 9.17. The number of aromatic nitrogens is 1. The standard InChI is InChI=1S/C13H15N3O3.C11H16O.C8H10/c1-19-12-4-2-3-10-9(12)7-11(16-10)13(18)15-6-5-14-8-17;1-4-10-6-5-7-11(8-10)12-9(2)3;1-2-8-6-4-3-5-7-8/h2-4,7-8,16H,5-6H2,1H3,(H,14,17)(H,15,18);5-9H,4H2,1-3H3;3-7H,2H2,1H3. The van der Waals surface area contributed by atoms with Gasteiger partial charge in [0.15, 0.2) is 0 Å². The second kappa shape index (κ2) is 17.3. The lowest BCUT2D eigenvalue weighted by Gasteiger charge is -2.09. The fourth-order valence-electron chi connectivity index (χ4n) is 3.65. The zero-order valence-electron chi connectivity index (χ0n) is 23.6. The maximum absolute atomic E-state index is 11.9. The van der Waals surface area contributed by atoms with Gasteiger partial charge in [-0.05, 0) is 68.1 Å². The van der Waals surface area contributed by atoms with E-state index >= 15 is 0 Å². The van der Waals surface area contributed by atoms with Gasteiger partial charge in [-0.2, -0.15) is 0 Å². The third kappa shape index (κ3) is 10.9. The van der Waals surface area contributed by atoms with E-state index in [-0.39, 0.29) is 12.0 Å². The summed E-state index contributed by atoms with van der Waals surface area (Å²) in [5, 5.41) is 6.04. The molecule has 1 aromatic heterocycles. The Kier molecular flexibility index (Phi) is 13.7. The van der Waals surface area contributed by atoms with Crippen LogP contribution in [0, 0.1) is 0 Å². The van der Waals surface area contributed by atoms with Gasteiger partial charge in [-0.1, -0.05) is 62.4 Å². The van der Waals surface area contributed by atoms with Crippen molar-refractivity contribution in [1.29, 1.82) is 0 Å². The molecular weight excluding hydrogens is 490 g/mol. The Morgan fingerprint density at radius 3 is 2.21 bits per heavy atom. The van der Waals surface area contributed by atoms with Crippen molar-refractivity contribution in [2.45, 2.75) is 46.6 Å². The van der Waals surface area contributed by atoms with E-state index in [1.54, 1.807) is 13.2 Å². The Balaban J connectivity index is 0.000000227. The zero-order valence-corrected chi connectivity index (χ0v) is 23.6. The van der Waals surface area contributed by atoms with Crippen molar-refractivity contribution < 1.29 is 19.1 Å². The molecule has 0 saturated heterocycles. The molecule has 4 aromatic rings. The summed E-state index contributed by atoms with van der Waals surface area (Å²) >= 11 is 0. The molecule has 7 nitrogen and oxygen atoms in total. The fourth-order valence-corrected chi connectivity index (χ4v) is 3.65. The van der Waals surface area contributed by atoms with Crippen molar-refractivity contribution in [1.82, 2.24) is 15.6 Å². The second-order valence-electron chi connectivity index (χ2n) is 8.94. The quantitative estimate of drug-likeness (QED) is 0.174. The number of rotatable bonds is 10. The molecule has 0 aliphatic heterocycles. The van der Waals surface area contributed by atoms with Crippen LogP contribution in [0.1, 0.15) is 49.3 Å². The molecule has 0 aliphatic carbocycles. The molecule has 39 heavy (non-hydrogen) atoms. The summed E-state index contributed by atoms with van der Waals surface area (Å²) in [6.07, 6.45) is 3.06. The van der Waals surface area contributed by atoms with Crippen molar-refractivity contribution >= 4 is 23.2 Å². The molecule has 2 amide bonds. The maximum Gasteiger partial charge on any atom is 0.267 e. The average molecular weight is 532 g/mol. The number of aromatic amines is 1. The Morgan fingerprint density at radius 2 is 1.59 bits per heavy atom. The lowest BCUT2D eigenvalue weighted by Crippen LogP contribution is -2.31. The minimum atomic E-state index is -0.217. The van der Waals surface area contributed by atoms with Crippen LogP contribution >= 0.6 is 0 Å². The van der Waals surface area contributed by atoms with E-state index in [0.29, 0.717) is 25.2 Å². The van der Waals surface area contributed by atoms with Gasteiger partial charge in [0, 0.05) is 24.0 Å². The smallest absolute Gasteiger partial charge is 0.267 e. The number of fused-ring (bicyclic) bond motifs is 1. The predicted octanol–water partition coefficient (Wildman–Crippen LogP) is 5.94. The Labute approximate surface area is 231 Å². The highest BCUT2D eigenvalue weighted by Gasteiger charge is 2.11. The molecule has 3 N–H and O–H groups in total. The molecule has 0 unspecified atom stereocenters. The van der Waals surface area contributed by atoms with Crippen molar-refractivity contribution in [2.75, 3.05) is 20.2 Å². The van der Waals surface area contributed by atoms with Crippen molar-refractivity contribution in [3.8, 4) is 11.5 Å². The van der Waals surface area contributed by atoms with Gasteiger partial charge < -0.3 is 25.1 Å². The highest BCUT2D eigenvalue weighted by Crippen LogP contribution is 2.25. The summed E-state index contributed by atoms with van der Waals surface area (Å²) in [6, 6.07) is 26.0. The number of amides is 2. The molecule has 7 heteroatoms. The Morgan fingerprint density at radius 1 is 0.897 bits per heavy atom. The van der Waals surface area contributed by atoms with Gasteiger partial charge in [-0.15, -0.1) is 0 Å². The first-order chi connectivity index (χ1) is 18.9. The monoisotopic (exact) mass is 531 g/mol. The molecule has 0 spiro atoms. The molecule has 0 aliphatic rings. The summed E-state index contributed by atoms with van der Waals surface area (Å²) in [7, 11) is 1.59. The number of hydrogen-bond donors (Lipinski definition) is 3. The average Bonchev–Trinajstić information content (AvgIpc) is 3.41. The number of aryl methyl sites for hydroxylation is 2. The topological polar surface area (TPSA) is 92.4 Å². The minimum absolute atomic E-state index is 0.217. The summed E-state index contributed by atoms with van der Waals surface area (Å²) in [5.41, 5.74) is 4.04. The van der Waals surface area contributed by atoms with Gasteiger partial charge in [0.25, 0.3) is 5.91 Å². The second-order valence-corrected chi connectivity index (χ2v) is 8.94. The fraction of sp³-hybridized carbons (Fsp3) is 0.312. The number of carbonyl (C=O) groups excluding carboxylic acids is 2. The summed E-state index contributed by atoms with van der Waals surface area (Å²) in [4.78, 5) is 25.0. The van der Waals surface area contributed by atoms with E-state index in [1.807, 2.05) is 50.2 Å². The first-order valence-corrected chi connectivity index (χ1v) is 13.3. The lowest BCUT2D eigenvalue weighted by molar-refractivity contribution is -0.109. The zero-order chi connectivity index (χ0) is 28.5. The van der Waals surface area contributed by atoms with Crippen LogP contribution in [0.3, 0.4) is 0 Å². The third-order valence-electron chi connectivity index (χ3n) is 5.66. The van der Waals surface area contributed by atoms with Crippen LogP contribution in [0.25, 0.3) is 10.9 Å². The van der Waals surface area contributed by atoms with Crippen LogP contribution < -0.4 is 20.1 Å². The van der Waals surface area contributed by atoms with Crippen LogP contribution in [-0.4, -0.2) is 43.6 Å². The minimum Gasteiger partial charge on any atom is -0.496 e. The number of H-pyrrole nitrogens is 1. The molecule has 0 atom stereocenters. The largest absolute Gasteiger partial charge is 0.496 e. The van der Waals surface area contributed by atoms with Gasteiger partial charge in [0.1, 0.15) is 17.2 Å². The highest BCUT2D eigenvalue weighted by atomic mass is 16.5. The Bertz CT molecular complexity index is 1270. The molecule has 3 aromatic carbocycles. The Hall–Kier alpha value is -4.26. The SMILES string of the molecule is CCc1cccc(OC(C)C)c1.CCc1ccccc1.COc1cccc2[nH]c(C(=O)NCCNC=O)cc12. The van der Waals surface area contributed by atoms with E-state index in [2.05, 4.69) is 65.9 Å². The molecule has 0 fully saturated rings. The van der Waals surface area contributed by atoms with Crippen LogP contribution in [0.15, 0.2) is 78.9 Å². The van der Waals surface area contributed by atoms with Gasteiger partial charge in [-0.3, -0.25) is 9.59 Å². The summed E-state index contributed by atoms with van der Waals surface area (Å²) < 4.78 is 10.8. The molecule has 0 radical (unpaired) electrons. The third-order valence-corrected chi connectivity index (χ3v) is 5.66. The van der Waals surface area contributed by atoms with E-state index in [1.165, 1.54) is 11.1 Å². The number of nitrogens with one attached hydrogen (secondary N) is 3. The normalized spacial score (nSPS) is 10.0. The van der Waals surface area contributed by atoms with Crippen LogP contribution in [0.4, 0.5) is 0 Å². The van der Waals surface area contributed by atoms with E-state index < -0.39 is 0 Å². The maximum atomic E-state index is 11.9. The van der Waals surface area contributed by atoms with Crippen LogP contribution in [0.5, 0.6) is 11.5 Å². The number of methoxy groups -OCH3 is 1. The van der Waals surface area contributed by atoms with E-state index in [9.17, 15) is 9.59 Å². The molecule has 1 heterocycles. The van der Waals surface area contributed by atoms with Crippen LogP contribution in [-0.2, 0) is 17.6 Å². The molecule has 0 saturated carbocycles. The lowest BCUT2D eigenvalue weighted by atomic mass is 10.2. The first kappa shape index (κ1) is 31.0. The van der Waals surface area contributed by atoms with Crippen LogP contribution in [0.2, 0.25) is 0 Å². The van der Waals surface area contributed by atoms with E-state index in [4.69, 9.17) is 9.47 Å². The number of hydrogen-bond acceptors (Lipinski definition) is 4. The molecular formula is C32H41N3O4. The summed E-state index contributed by atoms with van der Waals surface area (Å²) in [5.74, 6) is 1.48. The van der Waals surface area contributed by atoms with Gasteiger partial charge in [0.2, 0.25) is 6.41 Å². The number of ether oxygens (including phenoxy) is 2. The molecule has 208 valence electrons. The predicted molar refractivity (Wildman–Crippen MR) is 159 cm³/mol. The van der Waals surface area contributed by atoms with Crippen molar-refractivity contribution in [3.05, 3.63) is 95.7 Å².